The van der Waals surface area contributed by atoms with Crippen LogP contribution in [0.15, 0.2) is 23.8 Å². The van der Waals surface area contributed by atoms with Crippen molar-refractivity contribution >= 4 is 11.8 Å². The largest absolute Gasteiger partial charge is 0.445 e. The number of hydrogen-bond acceptors (Lipinski definition) is 3. The highest BCUT2D eigenvalue weighted by Crippen LogP contribution is 2.68. The quantitative estimate of drug-likeness (QED) is 0.105. The molecule has 210 valence electrons. The van der Waals surface area contributed by atoms with Crippen molar-refractivity contribution in [3.8, 4) is 12.3 Å². The highest BCUT2D eigenvalue weighted by molar-refractivity contribution is 5.91. The van der Waals surface area contributed by atoms with Crippen LogP contribution >= 0.6 is 0 Å². The van der Waals surface area contributed by atoms with Crippen molar-refractivity contribution in [1.29, 1.82) is 0 Å². The van der Waals surface area contributed by atoms with Gasteiger partial charge in [0.2, 0.25) is 0 Å². The van der Waals surface area contributed by atoms with Gasteiger partial charge in [-0.25, -0.2) is 0 Å². The number of unbranched alkanes of at least 4 members (excludes halogenated alkanes) is 9. The van der Waals surface area contributed by atoms with Crippen molar-refractivity contribution < 1.29 is 14.3 Å². The molecule has 3 nitrogen and oxygen atoms in total. The molecule has 4 rings (SSSR count). The molecule has 4 aliphatic rings. The maximum atomic E-state index is 13.1. The number of ketones is 1. The molecule has 3 saturated carbocycles. The number of terminal acetylenes is 1. The van der Waals surface area contributed by atoms with E-state index in [2.05, 4.69) is 26.3 Å². The highest BCUT2D eigenvalue weighted by Gasteiger charge is 2.66. The monoisotopic (exact) mass is 520 g/mol. The van der Waals surface area contributed by atoms with E-state index in [-0.39, 0.29) is 11.4 Å². The molecule has 0 bridgehead atoms. The Bertz CT molecular complexity index is 937. The number of hydrogen-bond donors (Lipinski definition) is 0. The van der Waals surface area contributed by atoms with Gasteiger partial charge in [-0.05, 0) is 81.1 Å². The smallest absolute Gasteiger partial charge is 0.307 e. The van der Waals surface area contributed by atoms with Crippen molar-refractivity contribution in [3.05, 3.63) is 23.8 Å². The fourth-order valence-electron chi connectivity index (χ4n) is 9.06. The van der Waals surface area contributed by atoms with Gasteiger partial charge in [0.25, 0.3) is 0 Å². The maximum absolute atomic E-state index is 13.1. The Kier molecular flexibility index (Phi) is 10.00. The van der Waals surface area contributed by atoms with E-state index in [1.54, 1.807) is 0 Å². The molecule has 0 aliphatic heterocycles. The van der Waals surface area contributed by atoms with E-state index in [0.29, 0.717) is 42.3 Å². The van der Waals surface area contributed by atoms with Crippen LogP contribution in [-0.2, 0) is 14.3 Å². The molecule has 0 aromatic carbocycles. The van der Waals surface area contributed by atoms with Gasteiger partial charge in [0.1, 0.15) is 0 Å². The summed E-state index contributed by atoms with van der Waals surface area (Å²) in [5, 5.41) is 0. The van der Waals surface area contributed by atoms with Gasteiger partial charge in [-0.15, -0.1) is 6.42 Å². The molecule has 0 aromatic heterocycles. The lowest BCUT2D eigenvalue weighted by atomic mass is 9.48. The van der Waals surface area contributed by atoms with Crippen molar-refractivity contribution in [1.82, 2.24) is 0 Å². The second kappa shape index (κ2) is 13.0. The van der Waals surface area contributed by atoms with Gasteiger partial charge < -0.3 is 4.74 Å². The van der Waals surface area contributed by atoms with E-state index in [1.807, 2.05) is 6.08 Å². The topological polar surface area (TPSA) is 43.4 Å². The third-order valence-corrected chi connectivity index (χ3v) is 10.9. The average Bonchev–Trinajstić information content (AvgIpc) is 3.23. The minimum atomic E-state index is -0.811. The zero-order chi connectivity index (χ0) is 27.2. The molecule has 3 fully saturated rings. The lowest BCUT2D eigenvalue weighted by molar-refractivity contribution is -0.170. The molecule has 0 saturated heterocycles. The van der Waals surface area contributed by atoms with Crippen LogP contribution in [-0.4, -0.2) is 17.4 Å². The van der Waals surface area contributed by atoms with Gasteiger partial charge >= 0.3 is 5.97 Å². The zero-order valence-electron chi connectivity index (χ0n) is 24.3. The van der Waals surface area contributed by atoms with Crippen LogP contribution in [0.3, 0.4) is 0 Å². The summed E-state index contributed by atoms with van der Waals surface area (Å²) < 4.78 is 6.37. The first kappa shape index (κ1) is 29.2. The van der Waals surface area contributed by atoms with E-state index >= 15 is 0 Å². The van der Waals surface area contributed by atoms with Crippen molar-refractivity contribution in [2.75, 3.05) is 0 Å². The Balaban J connectivity index is 1.34. The molecular formula is C35H52O3. The van der Waals surface area contributed by atoms with Crippen LogP contribution in [0.5, 0.6) is 0 Å². The lowest BCUT2D eigenvalue weighted by Gasteiger charge is -2.57. The second-order valence-electron chi connectivity index (χ2n) is 12.9. The van der Waals surface area contributed by atoms with E-state index < -0.39 is 5.60 Å². The number of allylic oxidation sites excluding steroid dienone is 2. The summed E-state index contributed by atoms with van der Waals surface area (Å²) in [6.45, 7) is 9.12. The first-order valence-corrected chi connectivity index (χ1v) is 16.0. The van der Waals surface area contributed by atoms with E-state index in [4.69, 9.17) is 11.2 Å². The average molecular weight is 521 g/mol. The molecular weight excluding hydrogens is 468 g/mol. The Morgan fingerprint density at radius 1 is 1.03 bits per heavy atom. The third-order valence-electron chi connectivity index (χ3n) is 10.9. The first-order valence-electron chi connectivity index (χ1n) is 16.0. The molecule has 0 radical (unpaired) electrons. The van der Waals surface area contributed by atoms with Gasteiger partial charge in [-0.3, -0.25) is 9.59 Å². The predicted molar refractivity (Wildman–Crippen MR) is 155 cm³/mol. The number of carbonyl (C=O) groups excluding carboxylic acids is 2. The van der Waals surface area contributed by atoms with Crippen LogP contribution in [0.25, 0.3) is 0 Å². The summed E-state index contributed by atoms with van der Waals surface area (Å²) >= 11 is 0. The Labute approximate surface area is 232 Å². The Hall–Kier alpha value is -1.82. The summed E-state index contributed by atoms with van der Waals surface area (Å²) in [5.74, 6) is 5.17. The molecule has 0 unspecified atom stereocenters. The van der Waals surface area contributed by atoms with Crippen molar-refractivity contribution in [2.45, 2.75) is 141 Å². The summed E-state index contributed by atoms with van der Waals surface area (Å²) in [6, 6.07) is 0. The Morgan fingerprint density at radius 2 is 1.71 bits per heavy atom. The zero-order valence-corrected chi connectivity index (χ0v) is 24.3. The Morgan fingerprint density at radius 3 is 2.37 bits per heavy atom. The maximum Gasteiger partial charge on any atom is 0.307 e. The molecule has 0 heterocycles. The number of esters is 1. The van der Waals surface area contributed by atoms with Gasteiger partial charge in [-0.2, -0.15) is 0 Å². The van der Waals surface area contributed by atoms with E-state index in [0.717, 1.165) is 57.8 Å². The summed E-state index contributed by atoms with van der Waals surface area (Å²) in [4.78, 5) is 25.2. The van der Waals surface area contributed by atoms with E-state index in [9.17, 15) is 9.59 Å². The molecule has 0 amide bonds. The van der Waals surface area contributed by atoms with Gasteiger partial charge in [0.15, 0.2) is 11.4 Å². The molecule has 0 aromatic rings. The van der Waals surface area contributed by atoms with Crippen LogP contribution in [0.1, 0.15) is 136 Å². The molecule has 38 heavy (non-hydrogen) atoms. The summed E-state index contributed by atoms with van der Waals surface area (Å²) in [5.41, 5.74) is 1.62. The first-order chi connectivity index (χ1) is 18.4. The number of carbonyl (C=O) groups is 2. The predicted octanol–water partition coefficient (Wildman–Crippen LogP) is 8.91. The van der Waals surface area contributed by atoms with Crippen LogP contribution in [0, 0.1) is 41.4 Å². The number of fused-ring (bicyclic) bond motifs is 5. The molecule has 0 spiro atoms. The number of rotatable bonds is 13. The molecule has 3 heteroatoms. The SMILES string of the molecule is C#C[C@]1(OC(=O)CCCCCCCCCCCC)CC[C@H]2[C@@H]3CCC4=CC(=O)CC[C@@H]4[C@H]3C(=C)C[C@@]21CC. The van der Waals surface area contributed by atoms with Crippen LogP contribution in [0.2, 0.25) is 0 Å². The fourth-order valence-corrected chi connectivity index (χ4v) is 9.06. The second-order valence-corrected chi connectivity index (χ2v) is 12.9. The summed E-state index contributed by atoms with van der Waals surface area (Å²) in [7, 11) is 0. The van der Waals surface area contributed by atoms with Gasteiger partial charge in [0, 0.05) is 18.3 Å². The van der Waals surface area contributed by atoms with Crippen molar-refractivity contribution in [3.63, 3.8) is 0 Å². The number of ether oxygens (including phenoxy) is 1. The van der Waals surface area contributed by atoms with Gasteiger partial charge in [0.05, 0.1) is 0 Å². The molecule has 4 aliphatic carbocycles. The van der Waals surface area contributed by atoms with E-state index in [1.165, 1.54) is 62.5 Å². The van der Waals surface area contributed by atoms with Crippen LogP contribution < -0.4 is 0 Å². The minimum Gasteiger partial charge on any atom is -0.445 e. The fraction of sp³-hybridized carbons (Fsp3) is 0.771. The highest BCUT2D eigenvalue weighted by atomic mass is 16.6. The third kappa shape index (κ3) is 5.71. The lowest BCUT2D eigenvalue weighted by Crippen LogP contribution is -2.55. The molecule has 6 atom stereocenters. The standard InChI is InChI=1S/C35H52O3/c1-5-8-9-10-11-12-13-14-15-16-17-32(37)38-35(7-3)23-22-31-30-20-18-27-24-28(36)19-21-29(27)33(30)26(4)25-34(31,35)6-2/h3,24,29-31,33H,4-6,8-23,25H2,1-2H3/t29-,30-,31-,33+,34-,35-/m0/s1. The summed E-state index contributed by atoms with van der Waals surface area (Å²) in [6.07, 6.45) is 28.5. The van der Waals surface area contributed by atoms with Crippen molar-refractivity contribution in [2.24, 2.45) is 29.1 Å². The minimum absolute atomic E-state index is 0.108. The van der Waals surface area contributed by atoms with Gasteiger partial charge in [-0.1, -0.05) is 95.3 Å². The molecule has 0 N–H and O–H groups in total. The normalized spacial score (nSPS) is 34.1. The van der Waals surface area contributed by atoms with Crippen LogP contribution in [0.4, 0.5) is 0 Å².